The van der Waals surface area contributed by atoms with Gasteiger partial charge < -0.3 is 4.74 Å². The summed E-state index contributed by atoms with van der Waals surface area (Å²) in [5.74, 6) is -6.81. The molecule has 0 aromatic heterocycles. The topological polar surface area (TPSA) is 9.23 Å². The lowest BCUT2D eigenvalue weighted by Crippen LogP contribution is -2.34. The van der Waals surface area contributed by atoms with Crippen LogP contribution in [0.3, 0.4) is 0 Å². The fourth-order valence-electron chi connectivity index (χ4n) is 0.807. The van der Waals surface area contributed by atoms with Gasteiger partial charge in [-0.1, -0.05) is 0 Å². The summed E-state index contributed by atoms with van der Waals surface area (Å²) >= 11 is 0. The van der Waals surface area contributed by atoms with Gasteiger partial charge in [0.25, 0.3) is 0 Å². The predicted octanol–water partition coefficient (Wildman–Crippen LogP) is 3.34. The molecule has 90 valence electrons. The van der Waals surface area contributed by atoms with Crippen LogP contribution in [-0.4, -0.2) is 12.5 Å². The van der Waals surface area contributed by atoms with Gasteiger partial charge in [0.1, 0.15) is 5.82 Å². The summed E-state index contributed by atoms with van der Waals surface area (Å²) in [6.45, 7) is 0. The Hall–Kier alpha value is -1.47. The Morgan fingerprint density at radius 1 is 1.00 bits per heavy atom. The minimum Gasteiger partial charge on any atom is -0.422 e. The van der Waals surface area contributed by atoms with E-state index in [9.17, 15) is 30.7 Å². The average Bonchev–Trinajstić information content (AvgIpc) is 2.11. The van der Waals surface area contributed by atoms with E-state index in [1.54, 1.807) is 0 Å². The van der Waals surface area contributed by atoms with E-state index in [-0.39, 0.29) is 12.1 Å². The van der Waals surface area contributed by atoms with Crippen molar-refractivity contribution in [2.24, 2.45) is 0 Å². The zero-order valence-electron chi connectivity index (χ0n) is 7.29. The van der Waals surface area contributed by atoms with Crippen LogP contribution in [0.1, 0.15) is 0 Å². The van der Waals surface area contributed by atoms with Crippen molar-refractivity contribution in [3.63, 3.8) is 0 Å². The molecule has 0 atom stereocenters. The van der Waals surface area contributed by atoms with E-state index < -0.39 is 35.7 Å². The van der Waals surface area contributed by atoms with E-state index in [1.165, 1.54) is 0 Å². The molecule has 1 rings (SSSR count). The first-order valence-corrected chi connectivity index (χ1v) is 3.73. The molecular formula is C8H3F7O. The maximum absolute atomic E-state index is 12.7. The Morgan fingerprint density at radius 3 is 1.81 bits per heavy atom. The second-order valence-corrected chi connectivity index (χ2v) is 2.66. The molecule has 1 aromatic rings. The van der Waals surface area contributed by atoms with Crippen LogP contribution in [0.4, 0.5) is 30.7 Å². The normalized spacial score (nSPS) is 12.0. The van der Waals surface area contributed by atoms with E-state index >= 15 is 0 Å². The van der Waals surface area contributed by atoms with E-state index in [0.29, 0.717) is 0 Å². The van der Waals surface area contributed by atoms with Gasteiger partial charge in [-0.2, -0.15) is 17.6 Å². The van der Waals surface area contributed by atoms with Crippen molar-refractivity contribution in [1.29, 1.82) is 0 Å². The molecule has 1 nitrogen and oxygen atoms in total. The second kappa shape index (κ2) is 4.18. The number of hydrogen-bond acceptors (Lipinski definition) is 1. The molecule has 16 heavy (non-hydrogen) atoms. The first kappa shape index (κ1) is 12.6. The Balaban J connectivity index is 3.07. The molecule has 0 saturated carbocycles. The third-order valence-corrected chi connectivity index (χ3v) is 1.46. The van der Waals surface area contributed by atoms with Crippen molar-refractivity contribution in [2.45, 2.75) is 12.5 Å². The molecule has 1 aromatic carbocycles. The van der Waals surface area contributed by atoms with Crippen molar-refractivity contribution >= 4 is 0 Å². The highest BCUT2D eigenvalue weighted by Gasteiger charge is 2.45. The quantitative estimate of drug-likeness (QED) is 0.745. The third kappa shape index (κ3) is 2.56. The lowest BCUT2D eigenvalue weighted by atomic mass is 10.3. The molecule has 0 aliphatic carbocycles. The molecule has 0 heterocycles. The lowest BCUT2D eigenvalue weighted by Gasteiger charge is -2.17. The molecule has 8 heteroatoms. The van der Waals surface area contributed by atoms with Crippen molar-refractivity contribution in [3.05, 3.63) is 29.6 Å². The first-order valence-electron chi connectivity index (χ1n) is 3.73. The van der Waals surface area contributed by atoms with Crippen LogP contribution in [0.25, 0.3) is 0 Å². The molecule has 0 saturated heterocycles. The van der Waals surface area contributed by atoms with Gasteiger partial charge in [-0.15, -0.1) is 0 Å². The Morgan fingerprint density at radius 2 is 1.44 bits per heavy atom. The van der Waals surface area contributed by atoms with E-state index in [0.717, 1.165) is 0 Å². The summed E-state index contributed by atoms with van der Waals surface area (Å²) in [6.07, 6.45) is -9.32. The highest BCUT2D eigenvalue weighted by Crippen LogP contribution is 2.31. The van der Waals surface area contributed by atoms with Crippen molar-refractivity contribution in [1.82, 2.24) is 0 Å². The fraction of sp³-hybridized carbons (Fsp3) is 0.250. The Labute approximate surface area is 84.4 Å². The second-order valence-electron chi connectivity index (χ2n) is 2.66. The van der Waals surface area contributed by atoms with Gasteiger partial charge in [0.15, 0.2) is 17.4 Å². The van der Waals surface area contributed by atoms with E-state index in [2.05, 4.69) is 4.74 Å². The van der Waals surface area contributed by atoms with Crippen LogP contribution in [0.15, 0.2) is 12.1 Å². The average molecular weight is 248 g/mol. The summed E-state index contributed by atoms with van der Waals surface area (Å²) in [5.41, 5.74) is 0. The van der Waals surface area contributed by atoms with Gasteiger partial charge in [-0.25, -0.2) is 13.2 Å². The van der Waals surface area contributed by atoms with Crippen LogP contribution >= 0.6 is 0 Å². The van der Waals surface area contributed by atoms with Gasteiger partial charge in [0.2, 0.25) is 0 Å². The molecule has 0 aliphatic heterocycles. The zero-order valence-corrected chi connectivity index (χ0v) is 7.29. The van der Waals surface area contributed by atoms with Crippen molar-refractivity contribution in [2.75, 3.05) is 0 Å². The summed E-state index contributed by atoms with van der Waals surface area (Å²) in [7, 11) is 0. The van der Waals surface area contributed by atoms with Crippen molar-refractivity contribution < 1.29 is 35.5 Å². The number of rotatable bonds is 3. The maximum atomic E-state index is 12.7. The van der Waals surface area contributed by atoms with Gasteiger partial charge >= 0.3 is 12.5 Å². The van der Waals surface area contributed by atoms with Crippen LogP contribution in [0.5, 0.6) is 5.75 Å². The molecular weight excluding hydrogens is 245 g/mol. The van der Waals surface area contributed by atoms with Crippen LogP contribution in [0, 0.1) is 17.5 Å². The Kier molecular flexibility index (Phi) is 3.30. The fourth-order valence-corrected chi connectivity index (χ4v) is 0.807. The van der Waals surface area contributed by atoms with Gasteiger partial charge in [0, 0.05) is 12.1 Å². The summed E-state index contributed by atoms with van der Waals surface area (Å²) in [6, 6.07) is 0.0555. The Bertz CT molecular complexity index is 367. The first-order chi connectivity index (χ1) is 7.24. The standard InChI is InChI=1S/C8H3F7O/c9-3-1-4(10)6(5(11)2-3)16-8(14,15)7(12)13/h1-2,7H. The lowest BCUT2D eigenvalue weighted by molar-refractivity contribution is -0.255. The monoisotopic (exact) mass is 248 g/mol. The molecule has 0 radical (unpaired) electrons. The number of halogens is 7. The van der Waals surface area contributed by atoms with Gasteiger partial charge in [-0.3, -0.25) is 0 Å². The van der Waals surface area contributed by atoms with E-state index in [1.807, 2.05) is 0 Å². The van der Waals surface area contributed by atoms with Gasteiger partial charge in [0.05, 0.1) is 0 Å². The summed E-state index contributed by atoms with van der Waals surface area (Å²) < 4.78 is 88.8. The maximum Gasteiger partial charge on any atom is 0.461 e. The van der Waals surface area contributed by atoms with Crippen LogP contribution in [-0.2, 0) is 0 Å². The predicted molar refractivity (Wildman–Crippen MR) is 37.9 cm³/mol. The number of ether oxygens (including phenoxy) is 1. The highest BCUT2D eigenvalue weighted by molar-refractivity contribution is 5.27. The SMILES string of the molecule is Fc1cc(F)c(OC(F)(F)C(F)F)c(F)c1. The largest absolute Gasteiger partial charge is 0.461 e. The number of hydrogen-bond donors (Lipinski definition) is 0. The minimum atomic E-state index is -5.06. The zero-order chi connectivity index (χ0) is 12.5. The summed E-state index contributed by atoms with van der Waals surface area (Å²) in [5, 5.41) is 0. The smallest absolute Gasteiger partial charge is 0.422 e. The van der Waals surface area contributed by atoms with E-state index in [4.69, 9.17) is 0 Å². The minimum absolute atomic E-state index is 0.0277. The molecule has 0 amide bonds. The van der Waals surface area contributed by atoms with Crippen molar-refractivity contribution in [3.8, 4) is 5.75 Å². The molecule has 0 bridgehead atoms. The molecule has 0 unspecified atom stereocenters. The summed E-state index contributed by atoms with van der Waals surface area (Å²) in [4.78, 5) is 0. The molecule has 0 N–H and O–H groups in total. The highest BCUT2D eigenvalue weighted by atomic mass is 19.3. The number of benzene rings is 1. The number of alkyl halides is 4. The molecule has 0 spiro atoms. The third-order valence-electron chi connectivity index (χ3n) is 1.46. The van der Waals surface area contributed by atoms with Gasteiger partial charge in [-0.05, 0) is 0 Å². The molecule has 0 aliphatic rings. The van der Waals surface area contributed by atoms with Crippen LogP contribution in [0.2, 0.25) is 0 Å². The molecule has 0 fully saturated rings. The van der Waals surface area contributed by atoms with Crippen LogP contribution < -0.4 is 4.74 Å².